The number of fused-ring (bicyclic) bond motifs is 1. The first kappa shape index (κ1) is 29.2. The van der Waals surface area contributed by atoms with Crippen LogP contribution in [-0.2, 0) is 0 Å². The standard InChI is InChI=1S/C30H56.C3H8/c1-4-6-10-14-26-17-19-27-15-11-8-7-9-12-16-28(23-29(27)22-26)30-20-18-25(13-5-2)21-24(30)3;1-3-2/h24-30H,4-23H2,1-3H3;3H2,1-2H3. The van der Waals surface area contributed by atoms with Gasteiger partial charge in [-0.15, -0.1) is 0 Å². The maximum atomic E-state index is 2.64. The third-order valence-electron chi connectivity index (χ3n) is 9.87. The van der Waals surface area contributed by atoms with Gasteiger partial charge in [-0.3, -0.25) is 0 Å². The van der Waals surface area contributed by atoms with E-state index in [1.54, 1.807) is 64.2 Å². The van der Waals surface area contributed by atoms with Crippen molar-refractivity contribution in [2.45, 2.75) is 169 Å². The van der Waals surface area contributed by atoms with Crippen LogP contribution in [0, 0.1) is 41.4 Å². The number of unbranched alkanes of at least 4 members (excludes halogenated alkanes) is 2. The molecule has 0 bridgehead atoms. The Balaban J connectivity index is 0.00000122. The summed E-state index contributed by atoms with van der Waals surface area (Å²) in [6, 6.07) is 0. The largest absolute Gasteiger partial charge is 0.0656 e. The zero-order valence-electron chi connectivity index (χ0n) is 23.9. The van der Waals surface area contributed by atoms with Gasteiger partial charge in [-0.25, -0.2) is 0 Å². The van der Waals surface area contributed by atoms with Crippen LogP contribution in [0.5, 0.6) is 0 Å². The molecule has 3 aliphatic rings. The summed E-state index contributed by atoms with van der Waals surface area (Å²) in [7, 11) is 0. The van der Waals surface area contributed by atoms with Gasteiger partial charge in [0.2, 0.25) is 0 Å². The van der Waals surface area contributed by atoms with E-state index in [0.717, 1.165) is 41.4 Å². The van der Waals surface area contributed by atoms with Crippen LogP contribution in [0.3, 0.4) is 0 Å². The van der Waals surface area contributed by atoms with Gasteiger partial charge in [0, 0.05) is 0 Å². The average Bonchev–Trinajstić information content (AvgIpc) is 2.84. The van der Waals surface area contributed by atoms with Gasteiger partial charge in [0.25, 0.3) is 0 Å². The van der Waals surface area contributed by atoms with Crippen LogP contribution >= 0.6 is 0 Å². The fourth-order valence-electron chi connectivity index (χ4n) is 8.18. The Kier molecular flexibility index (Phi) is 15.4. The summed E-state index contributed by atoms with van der Waals surface area (Å²) >= 11 is 0. The first-order valence-corrected chi connectivity index (χ1v) is 16.1. The molecular formula is C33H64. The van der Waals surface area contributed by atoms with Crippen molar-refractivity contribution in [1.82, 2.24) is 0 Å². The normalized spacial score (nSPS) is 36.1. The highest BCUT2D eigenvalue weighted by Crippen LogP contribution is 2.48. The van der Waals surface area contributed by atoms with E-state index >= 15 is 0 Å². The number of hydrogen-bond acceptors (Lipinski definition) is 0. The zero-order valence-corrected chi connectivity index (χ0v) is 23.9. The van der Waals surface area contributed by atoms with Gasteiger partial charge in [0.05, 0.1) is 0 Å². The Morgan fingerprint density at radius 1 is 0.515 bits per heavy atom. The van der Waals surface area contributed by atoms with Gasteiger partial charge in [0.1, 0.15) is 0 Å². The third-order valence-corrected chi connectivity index (χ3v) is 9.87. The maximum Gasteiger partial charge on any atom is -0.0360 e. The Hall–Kier alpha value is 0. The zero-order chi connectivity index (χ0) is 23.9. The summed E-state index contributed by atoms with van der Waals surface area (Å²) in [4.78, 5) is 0. The fraction of sp³-hybridized carbons (Fsp3) is 1.00. The number of rotatable bonds is 7. The highest BCUT2D eigenvalue weighted by molar-refractivity contribution is 4.88. The second kappa shape index (κ2) is 17.4. The van der Waals surface area contributed by atoms with Gasteiger partial charge < -0.3 is 0 Å². The molecule has 0 aromatic carbocycles. The van der Waals surface area contributed by atoms with E-state index in [1.807, 2.05) is 0 Å². The molecular weight excluding hydrogens is 396 g/mol. The second-order valence-corrected chi connectivity index (χ2v) is 12.9. The third kappa shape index (κ3) is 10.7. The average molecular weight is 461 g/mol. The summed E-state index contributed by atoms with van der Waals surface area (Å²) in [5.41, 5.74) is 0. The van der Waals surface area contributed by atoms with E-state index in [9.17, 15) is 0 Å². The van der Waals surface area contributed by atoms with Crippen molar-refractivity contribution < 1.29 is 0 Å². The molecule has 0 spiro atoms. The summed E-state index contributed by atoms with van der Waals surface area (Å²) in [6.07, 6.45) is 31.8. The minimum Gasteiger partial charge on any atom is -0.0656 e. The lowest BCUT2D eigenvalue weighted by Crippen LogP contribution is -2.33. The van der Waals surface area contributed by atoms with Crippen molar-refractivity contribution in [3.05, 3.63) is 0 Å². The lowest BCUT2D eigenvalue weighted by atomic mass is 9.62. The van der Waals surface area contributed by atoms with Crippen LogP contribution in [0.15, 0.2) is 0 Å². The van der Waals surface area contributed by atoms with Crippen molar-refractivity contribution in [2.24, 2.45) is 41.4 Å². The van der Waals surface area contributed by atoms with Crippen molar-refractivity contribution in [2.75, 3.05) is 0 Å². The number of hydrogen-bond donors (Lipinski definition) is 0. The van der Waals surface area contributed by atoms with Crippen molar-refractivity contribution in [3.8, 4) is 0 Å². The van der Waals surface area contributed by atoms with Crippen LogP contribution in [-0.4, -0.2) is 0 Å². The van der Waals surface area contributed by atoms with Crippen LogP contribution in [0.2, 0.25) is 0 Å². The minimum atomic E-state index is 0.993. The molecule has 3 rings (SSSR count). The van der Waals surface area contributed by atoms with Crippen molar-refractivity contribution in [3.63, 3.8) is 0 Å². The molecule has 0 aromatic rings. The molecule has 7 atom stereocenters. The van der Waals surface area contributed by atoms with Crippen LogP contribution in [0.25, 0.3) is 0 Å². The Labute approximate surface area is 210 Å². The molecule has 196 valence electrons. The molecule has 0 aromatic heterocycles. The van der Waals surface area contributed by atoms with E-state index < -0.39 is 0 Å². The Morgan fingerprint density at radius 2 is 1.15 bits per heavy atom. The van der Waals surface area contributed by atoms with Gasteiger partial charge in [-0.2, -0.15) is 0 Å². The topological polar surface area (TPSA) is 0 Å². The molecule has 0 aliphatic heterocycles. The molecule has 0 heteroatoms. The highest BCUT2D eigenvalue weighted by Gasteiger charge is 2.37. The van der Waals surface area contributed by atoms with E-state index in [2.05, 4.69) is 34.6 Å². The molecule has 33 heavy (non-hydrogen) atoms. The van der Waals surface area contributed by atoms with E-state index in [1.165, 1.54) is 70.6 Å². The van der Waals surface area contributed by atoms with Crippen molar-refractivity contribution in [1.29, 1.82) is 0 Å². The maximum absolute atomic E-state index is 2.64. The van der Waals surface area contributed by atoms with Gasteiger partial charge in [-0.05, 0) is 73.5 Å². The molecule has 0 radical (unpaired) electrons. The monoisotopic (exact) mass is 461 g/mol. The first-order chi connectivity index (χ1) is 16.1. The summed E-state index contributed by atoms with van der Waals surface area (Å²) in [5.74, 6) is 7.39. The van der Waals surface area contributed by atoms with Crippen LogP contribution in [0.1, 0.15) is 169 Å². The summed E-state index contributed by atoms with van der Waals surface area (Å²) in [6.45, 7) is 11.6. The molecule has 0 nitrogen and oxygen atoms in total. The van der Waals surface area contributed by atoms with Gasteiger partial charge in [0.15, 0.2) is 0 Å². The molecule has 3 saturated carbocycles. The van der Waals surface area contributed by atoms with E-state index in [0.29, 0.717) is 0 Å². The summed E-state index contributed by atoms with van der Waals surface area (Å²) in [5, 5.41) is 0. The molecule has 7 unspecified atom stereocenters. The second-order valence-electron chi connectivity index (χ2n) is 12.9. The van der Waals surface area contributed by atoms with Gasteiger partial charge >= 0.3 is 0 Å². The molecule has 0 heterocycles. The van der Waals surface area contributed by atoms with E-state index in [-0.39, 0.29) is 0 Å². The predicted octanol–water partition coefficient (Wildman–Crippen LogP) is 11.6. The SMILES string of the molecule is CCC.CCCCCC1CCC2CCCCCCCC(C3CCC(CCC)CC3C)CC2C1. The lowest BCUT2D eigenvalue weighted by molar-refractivity contribution is 0.0732. The molecule has 0 N–H and O–H groups in total. The molecule has 0 amide bonds. The van der Waals surface area contributed by atoms with Gasteiger partial charge in [-0.1, -0.05) is 137 Å². The highest BCUT2D eigenvalue weighted by atomic mass is 14.4. The van der Waals surface area contributed by atoms with Crippen LogP contribution < -0.4 is 0 Å². The quantitative estimate of drug-likeness (QED) is 0.331. The Bertz CT molecular complexity index is 453. The fourth-order valence-corrected chi connectivity index (χ4v) is 8.18. The molecule has 3 aliphatic carbocycles. The lowest BCUT2D eigenvalue weighted by Gasteiger charge is -2.43. The summed E-state index contributed by atoms with van der Waals surface area (Å²) < 4.78 is 0. The van der Waals surface area contributed by atoms with Crippen LogP contribution in [0.4, 0.5) is 0 Å². The predicted molar refractivity (Wildman–Crippen MR) is 150 cm³/mol. The first-order valence-electron chi connectivity index (χ1n) is 16.1. The minimum absolute atomic E-state index is 0.993. The van der Waals surface area contributed by atoms with Crippen molar-refractivity contribution >= 4 is 0 Å². The van der Waals surface area contributed by atoms with E-state index in [4.69, 9.17) is 0 Å². The molecule has 0 saturated heterocycles. The smallest absolute Gasteiger partial charge is 0.0360 e. The molecule has 3 fully saturated rings. The Morgan fingerprint density at radius 3 is 1.82 bits per heavy atom.